The van der Waals surface area contributed by atoms with Crippen LogP contribution in [0, 0.1) is 0 Å². The first-order valence-electron chi connectivity index (χ1n) is 7.08. The Morgan fingerprint density at radius 3 is 2.86 bits per heavy atom. The van der Waals surface area contributed by atoms with E-state index >= 15 is 0 Å². The number of aromatic nitrogens is 5. The van der Waals surface area contributed by atoms with Crippen molar-refractivity contribution in [1.29, 1.82) is 0 Å². The molecule has 0 radical (unpaired) electrons. The molecule has 7 heteroatoms. The number of imidazole rings is 1. The van der Waals surface area contributed by atoms with Crippen molar-refractivity contribution in [3.63, 3.8) is 0 Å². The molecule has 0 fully saturated rings. The van der Waals surface area contributed by atoms with Crippen LogP contribution in [-0.4, -0.2) is 30.2 Å². The minimum atomic E-state index is 0.578. The van der Waals surface area contributed by atoms with Gasteiger partial charge in [-0.1, -0.05) is 6.92 Å². The van der Waals surface area contributed by atoms with E-state index in [1.54, 1.807) is 11.3 Å². The van der Waals surface area contributed by atoms with E-state index in [1.165, 1.54) is 0 Å². The molecule has 5 nitrogen and oxygen atoms in total. The van der Waals surface area contributed by atoms with Crippen LogP contribution >= 0.6 is 22.9 Å². The molecular formula is C14H18ClN5S. The van der Waals surface area contributed by atoms with E-state index in [1.807, 2.05) is 17.2 Å². The molecule has 0 bridgehead atoms. The van der Waals surface area contributed by atoms with Gasteiger partial charge in [-0.05, 0) is 6.42 Å². The predicted molar refractivity (Wildman–Crippen MR) is 86.1 cm³/mol. The van der Waals surface area contributed by atoms with Gasteiger partial charge in [0.15, 0.2) is 5.65 Å². The minimum Gasteiger partial charge on any atom is -0.312 e. The Kier molecular flexibility index (Phi) is 4.26. The summed E-state index contributed by atoms with van der Waals surface area (Å²) in [7, 11) is 1.98. The van der Waals surface area contributed by atoms with Gasteiger partial charge in [0, 0.05) is 37.7 Å². The van der Waals surface area contributed by atoms with Gasteiger partial charge in [0.2, 0.25) is 0 Å². The van der Waals surface area contributed by atoms with E-state index in [0.29, 0.717) is 5.88 Å². The number of halogens is 1. The Labute approximate surface area is 132 Å². The average Bonchev–Trinajstić information content (AvgIpc) is 3.16. The highest BCUT2D eigenvalue weighted by atomic mass is 35.5. The maximum absolute atomic E-state index is 5.93. The van der Waals surface area contributed by atoms with Crippen molar-refractivity contribution in [2.45, 2.75) is 32.7 Å². The highest BCUT2D eigenvalue weighted by molar-refractivity contribution is 7.07. The summed E-state index contributed by atoms with van der Waals surface area (Å²) in [5.74, 6) is 1.62. The van der Waals surface area contributed by atoms with E-state index in [0.717, 1.165) is 54.2 Å². The van der Waals surface area contributed by atoms with Gasteiger partial charge >= 0.3 is 0 Å². The number of hydrogen-bond acceptors (Lipinski definition) is 4. The van der Waals surface area contributed by atoms with Gasteiger partial charge in [-0.25, -0.2) is 9.97 Å². The number of fused-ring (bicyclic) bond motifs is 1. The van der Waals surface area contributed by atoms with Crippen LogP contribution in [0.4, 0.5) is 0 Å². The molecule has 0 aliphatic carbocycles. The summed E-state index contributed by atoms with van der Waals surface area (Å²) in [5.41, 5.74) is 6.14. The van der Waals surface area contributed by atoms with Gasteiger partial charge in [0.1, 0.15) is 11.3 Å². The third kappa shape index (κ3) is 2.70. The topological polar surface area (TPSA) is 48.5 Å². The summed E-state index contributed by atoms with van der Waals surface area (Å²) in [6.07, 6.45) is 2.56. The van der Waals surface area contributed by atoms with Gasteiger partial charge in [0.05, 0.1) is 16.9 Å². The van der Waals surface area contributed by atoms with Crippen molar-refractivity contribution in [3.05, 3.63) is 28.1 Å². The zero-order chi connectivity index (χ0) is 14.8. The fraction of sp³-hybridized carbons (Fsp3) is 0.500. The first-order chi connectivity index (χ1) is 10.2. The fourth-order valence-electron chi connectivity index (χ4n) is 2.62. The van der Waals surface area contributed by atoms with Crippen LogP contribution in [0.1, 0.15) is 24.1 Å². The van der Waals surface area contributed by atoms with Crippen LogP contribution in [0.3, 0.4) is 0 Å². The Bertz CT molecular complexity index is 728. The Morgan fingerprint density at radius 1 is 1.33 bits per heavy atom. The van der Waals surface area contributed by atoms with E-state index in [4.69, 9.17) is 16.6 Å². The normalized spacial score (nSPS) is 11.6. The van der Waals surface area contributed by atoms with Gasteiger partial charge in [0.25, 0.3) is 0 Å². The maximum atomic E-state index is 5.93. The lowest BCUT2D eigenvalue weighted by Crippen LogP contribution is -2.10. The molecule has 0 saturated heterocycles. The largest absolute Gasteiger partial charge is 0.312 e. The first kappa shape index (κ1) is 14.5. The summed E-state index contributed by atoms with van der Waals surface area (Å²) in [5, 5.41) is 6.66. The van der Waals surface area contributed by atoms with E-state index in [-0.39, 0.29) is 0 Å². The van der Waals surface area contributed by atoms with Crippen molar-refractivity contribution in [3.8, 4) is 0 Å². The van der Waals surface area contributed by atoms with Gasteiger partial charge in [-0.15, -0.1) is 22.9 Å². The molecule has 3 rings (SSSR count). The number of rotatable bonds is 6. The molecule has 0 spiro atoms. The fourth-order valence-corrected chi connectivity index (χ4v) is 3.38. The van der Waals surface area contributed by atoms with Crippen LogP contribution < -0.4 is 0 Å². The van der Waals surface area contributed by atoms with Crippen molar-refractivity contribution < 1.29 is 0 Å². The quantitative estimate of drug-likeness (QED) is 0.655. The first-order valence-corrected chi connectivity index (χ1v) is 8.56. The van der Waals surface area contributed by atoms with Crippen LogP contribution in [0.2, 0.25) is 0 Å². The second-order valence-electron chi connectivity index (χ2n) is 4.94. The number of hydrogen-bond donors (Lipinski definition) is 0. The second-order valence-corrected chi connectivity index (χ2v) is 6.04. The number of nitrogens with zero attached hydrogens (tertiary/aromatic N) is 5. The molecule has 0 atom stereocenters. The van der Waals surface area contributed by atoms with Crippen molar-refractivity contribution in [2.75, 3.05) is 5.88 Å². The molecule has 0 unspecified atom stereocenters. The zero-order valence-corrected chi connectivity index (χ0v) is 13.8. The lowest BCUT2D eigenvalue weighted by Gasteiger charge is -2.08. The van der Waals surface area contributed by atoms with Crippen LogP contribution in [0.5, 0.6) is 0 Å². The molecule has 0 aromatic carbocycles. The molecule has 0 N–H and O–H groups in total. The van der Waals surface area contributed by atoms with Crippen LogP contribution in [-0.2, 0) is 32.9 Å². The third-order valence-electron chi connectivity index (χ3n) is 3.60. The summed E-state index contributed by atoms with van der Waals surface area (Å²) in [4.78, 5) is 9.12. The Hall–Kier alpha value is -1.40. The standard InChI is InChI=1S/C14H18ClN5S/c1-3-11-13-14(19(2)18-11)20(12(17-13)4-6-15)7-5-10-8-21-9-16-10/h8-9H,3-7H2,1-2H3. The molecule has 21 heavy (non-hydrogen) atoms. The summed E-state index contributed by atoms with van der Waals surface area (Å²) in [6.45, 7) is 2.96. The molecule has 0 saturated carbocycles. The molecule has 0 amide bonds. The van der Waals surface area contributed by atoms with E-state index < -0.39 is 0 Å². The molecule has 3 aromatic heterocycles. The lowest BCUT2D eigenvalue weighted by atomic mass is 10.3. The maximum Gasteiger partial charge on any atom is 0.158 e. The van der Waals surface area contributed by atoms with E-state index in [2.05, 4.69) is 27.0 Å². The van der Waals surface area contributed by atoms with Gasteiger partial charge in [-0.3, -0.25) is 4.68 Å². The van der Waals surface area contributed by atoms with Crippen LogP contribution in [0.15, 0.2) is 10.9 Å². The van der Waals surface area contributed by atoms with Crippen molar-refractivity contribution in [2.24, 2.45) is 7.05 Å². The van der Waals surface area contributed by atoms with Crippen molar-refractivity contribution in [1.82, 2.24) is 24.3 Å². The lowest BCUT2D eigenvalue weighted by molar-refractivity contribution is 0.636. The molecular weight excluding hydrogens is 306 g/mol. The minimum absolute atomic E-state index is 0.578. The highest BCUT2D eigenvalue weighted by Gasteiger charge is 2.18. The molecule has 0 aliphatic rings. The molecule has 3 aromatic rings. The van der Waals surface area contributed by atoms with Crippen molar-refractivity contribution >= 4 is 34.1 Å². The van der Waals surface area contributed by atoms with E-state index in [9.17, 15) is 0 Å². The Morgan fingerprint density at radius 2 is 2.19 bits per heavy atom. The zero-order valence-electron chi connectivity index (χ0n) is 12.2. The van der Waals surface area contributed by atoms with Gasteiger partial charge in [-0.2, -0.15) is 5.10 Å². The summed E-state index contributed by atoms with van der Waals surface area (Å²) >= 11 is 7.56. The monoisotopic (exact) mass is 323 g/mol. The third-order valence-corrected chi connectivity index (χ3v) is 4.42. The average molecular weight is 324 g/mol. The number of aryl methyl sites for hydroxylation is 5. The highest BCUT2D eigenvalue weighted by Crippen LogP contribution is 2.21. The molecule has 112 valence electrons. The summed E-state index contributed by atoms with van der Waals surface area (Å²) < 4.78 is 4.17. The predicted octanol–water partition coefficient (Wildman–Crippen LogP) is 2.81. The van der Waals surface area contributed by atoms with Crippen LogP contribution in [0.25, 0.3) is 11.2 Å². The second kappa shape index (κ2) is 6.15. The van der Waals surface area contributed by atoms with Gasteiger partial charge < -0.3 is 4.57 Å². The number of alkyl halides is 1. The Balaban J connectivity index is 2.00. The molecule has 3 heterocycles. The summed E-state index contributed by atoms with van der Waals surface area (Å²) in [6, 6.07) is 0. The smallest absolute Gasteiger partial charge is 0.158 e. The molecule has 0 aliphatic heterocycles. The number of thiazole rings is 1. The SMILES string of the molecule is CCc1nn(C)c2c1nc(CCCl)n2CCc1cscn1.